The summed E-state index contributed by atoms with van der Waals surface area (Å²) >= 11 is 0. The summed E-state index contributed by atoms with van der Waals surface area (Å²) in [6, 6.07) is 18.3. The Hall–Kier alpha value is -2.25. The minimum absolute atomic E-state index is 0. The van der Waals surface area contributed by atoms with Crippen molar-refractivity contribution in [1.82, 2.24) is 0 Å². The van der Waals surface area contributed by atoms with E-state index >= 15 is 0 Å². The largest absolute Gasteiger partial charge is 0.396 e. The van der Waals surface area contributed by atoms with Crippen molar-refractivity contribution in [1.29, 1.82) is 0 Å². The Morgan fingerprint density at radius 1 is 0.569 bits per heavy atom. The van der Waals surface area contributed by atoms with Gasteiger partial charge in [-0.3, -0.25) is 0 Å². The van der Waals surface area contributed by atoms with Gasteiger partial charge in [0.05, 0.1) is 5.57 Å². The summed E-state index contributed by atoms with van der Waals surface area (Å²) < 4.78 is 0. The summed E-state index contributed by atoms with van der Waals surface area (Å²) in [5, 5.41) is 16.1. The van der Waals surface area contributed by atoms with Crippen LogP contribution >= 0.6 is 0 Å². The van der Waals surface area contributed by atoms with Crippen molar-refractivity contribution in [2.24, 2.45) is 0 Å². The third-order valence-electron chi connectivity index (χ3n) is 9.12. The van der Waals surface area contributed by atoms with Gasteiger partial charge in [-0.2, -0.15) is 0 Å². The smallest absolute Gasteiger partial charge is 0.303 e. The van der Waals surface area contributed by atoms with Crippen LogP contribution in [-0.2, 0) is 29.3 Å². The molecule has 0 bridgehead atoms. The van der Waals surface area contributed by atoms with Crippen molar-refractivity contribution < 1.29 is 31.5 Å². The van der Waals surface area contributed by atoms with E-state index in [1.165, 1.54) is 104 Å². The van der Waals surface area contributed by atoms with Crippen LogP contribution in [0, 0.1) is 0 Å². The van der Waals surface area contributed by atoms with E-state index in [0.717, 1.165) is 76.2 Å². The second kappa shape index (κ2) is 37.5. The molecule has 0 spiro atoms. The Bertz CT molecular complexity index is 1180. The van der Waals surface area contributed by atoms with Gasteiger partial charge >= 0.3 is 5.87 Å². The fourth-order valence-electron chi connectivity index (χ4n) is 5.92. The van der Waals surface area contributed by atoms with Crippen LogP contribution < -0.4 is 0 Å². The molecule has 2 aromatic carbocycles. The van der Waals surface area contributed by atoms with E-state index in [-0.39, 0.29) is 16.5 Å². The monoisotopic (exact) mass is 747 g/mol. The van der Waals surface area contributed by atoms with Crippen molar-refractivity contribution in [2.75, 3.05) is 13.2 Å². The van der Waals surface area contributed by atoms with Crippen LogP contribution in [0.1, 0.15) is 192 Å². The third kappa shape index (κ3) is 25.4. The Morgan fingerprint density at radius 3 is 1.59 bits per heavy atom. The summed E-state index contributed by atoms with van der Waals surface area (Å²) in [5.41, 5.74) is 18.6. The predicted molar refractivity (Wildman–Crippen MR) is 219 cm³/mol. The SMILES string of the molecule is CCCCCCCCCCC(C(=C=[N+]=[N-])CCCC)=C(c1ccc(CCCCCC)cc1)c1cccc(CC)c1.CCCCO.CCCCO.[Ni]. The molecule has 4 nitrogen and oxygen atoms in total. The number of aliphatic hydroxyl groups excluding tert-OH is 2. The van der Waals surface area contributed by atoms with Gasteiger partial charge in [-0.1, -0.05) is 174 Å². The fraction of sp³-hybridized carbons (Fsp3) is 0.652. The Morgan fingerprint density at radius 2 is 1.10 bits per heavy atom. The average molecular weight is 748 g/mol. The molecule has 0 aromatic heterocycles. The summed E-state index contributed by atoms with van der Waals surface area (Å²) in [6.45, 7) is 13.8. The molecule has 0 aliphatic rings. The van der Waals surface area contributed by atoms with Crippen LogP contribution in [0.15, 0.2) is 59.7 Å². The molecule has 2 rings (SSSR count). The average Bonchev–Trinajstić information content (AvgIpc) is 3.14. The van der Waals surface area contributed by atoms with E-state index < -0.39 is 0 Å². The zero-order valence-electron chi connectivity index (χ0n) is 33.7. The number of rotatable bonds is 25. The van der Waals surface area contributed by atoms with Gasteiger partial charge in [0, 0.05) is 29.7 Å². The Kier molecular flexibility index (Phi) is 37.4. The normalized spacial score (nSPS) is 10.7. The van der Waals surface area contributed by atoms with Gasteiger partial charge in [0.1, 0.15) is 0 Å². The first kappa shape index (κ1) is 50.9. The summed E-state index contributed by atoms with van der Waals surface area (Å²) in [7, 11) is 0. The molecule has 0 aliphatic heterocycles. The van der Waals surface area contributed by atoms with E-state index in [1.54, 1.807) is 0 Å². The van der Waals surface area contributed by atoms with Crippen molar-refractivity contribution >= 4 is 11.4 Å². The van der Waals surface area contributed by atoms with Crippen LogP contribution in [0.3, 0.4) is 0 Å². The van der Waals surface area contributed by atoms with Gasteiger partial charge < -0.3 is 15.7 Å². The molecule has 0 amide bonds. The first-order valence-corrected chi connectivity index (χ1v) is 20.6. The van der Waals surface area contributed by atoms with Gasteiger partial charge in [0.2, 0.25) is 0 Å². The summed E-state index contributed by atoms with van der Waals surface area (Å²) in [6.07, 6.45) is 25.9. The van der Waals surface area contributed by atoms with Crippen molar-refractivity contribution in [2.45, 2.75) is 183 Å². The minimum Gasteiger partial charge on any atom is -0.396 e. The molecule has 0 radical (unpaired) electrons. The van der Waals surface area contributed by atoms with Crippen molar-refractivity contribution in [3.05, 3.63) is 87.5 Å². The van der Waals surface area contributed by atoms with Gasteiger partial charge in [-0.15, -0.1) is 4.79 Å². The van der Waals surface area contributed by atoms with E-state index in [9.17, 15) is 5.53 Å². The maximum Gasteiger partial charge on any atom is 0.303 e. The Balaban J connectivity index is 0. The van der Waals surface area contributed by atoms with E-state index in [1.807, 2.05) is 0 Å². The number of allylic oxidation sites excluding steroid dienone is 2. The molecule has 0 saturated heterocycles. The van der Waals surface area contributed by atoms with Crippen LogP contribution in [0.25, 0.3) is 11.1 Å². The van der Waals surface area contributed by atoms with Crippen LogP contribution in [0.2, 0.25) is 0 Å². The molecule has 0 atom stereocenters. The molecule has 2 aromatic rings. The molecule has 0 unspecified atom stereocenters. The summed E-state index contributed by atoms with van der Waals surface area (Å²) in [5.74, 6) is 3.03. The second-order valence-electron chi connectivity index (χ2n) is 13.6. The van der Waals surface area contributed by atoms with Gasteiger partial charge in [0.15, 0.2) is 0 Å². The van der Waals surface area contributed by atoms with Crippen molar-refractivity contribution in [3.63, 3.8) is 0 Å². The number of nitrogens with zero attached hydrogens (tertiary/aromatic N) is 2. The molecule has 51 heavy (non-hydrogen) atoms. The van der Waals surface area contributed by atoms with Gasteiger partial charge in [0.25, 0.3) is 0 Å². The molecular weight excluding hydrogens is 671 g/mol. The molecule has 2 N–H and O–H groups in total. The molecule has 5 heteroatoms. The number of aliphatic hydroxyl groups is 2. The predicted octanol–water partition coefficient (Wildman–Crippen LogP) is 13.3. The van der Waals surface area contributed by atoms with E-state index in [2.05, 4.69) is 101 Å². The molecule has 0 heterocycles. The molecule has 0 saturated carbocycles. The fourth-order valence-corrected chi connectivity index (χ4v) is 5.92. The third-order valence-corrected chi connectivity index (χ3v) is 9.12. The molecule has 292 valence electrons. The maximum absolute atomic E-state index is 9.63. The first-order chi connectivity index (χ1) is 24.5. The molecule has 0 fully saturated rings. The van der Waals surface area contributed by atoms with E-state index in [4.69, 9.17) is 10.2 Å². The van der Waals surface area contributed by atoms with E-state index in [0.29, 0.717) is 13.2 Å². The number of benzene rings is 2. The maximum atomic E-state index is 9.63. The number of hydrogen-bond donors (Lipinski definition) is 2. The van der Waals surface area contributed by atoms with Gasteiger partial charge in [-0.05, 0) is 91.2 Å². The number of aryl methyl sites for hydroxylation is 2. The van der Waals surface area contributed by atoms with Crippen molar-refractivity contribution in [3.8, 4) is 0 Å². The van der Waals surface area contributed by atoms with Gasteiger partial charge in [-0.25, -0.2) is 0 Å². The van der Waals surface area contributed by atoms with Crippen LogP contribution in [-0.4, -0.2) is 34.1 Å². The zero-order valence-corrected chi connectivity index (χ0v) is 34.7. The number of hydrogen-bond acceptors (Lipinski definition) is 2. The topological polar surface area (TPSA) is 76.9 Å². The molecular formula is C46H76N2NiO2. The second-order valence-corrected chi connectivity index (χ2v) is 13.6. The summed E-state index contributed by atoms with van der Waals surface area (Å²) in [4.78, 5) is 3.44. The minimum atomic E-state index is 0. The first-order valence-electron chi connectivity index (χ1n) is 20.6. The standard InChI is InChI=1S/C38H56N2.2C4H10O.Ni/c1-5-9-12-14-15-16-17-19-25-37(36(31-40-39)23-11-7-3)38(35-24-20-22-32(8-4)30-35)34-28-26-33(27-29-34)21-18-13-10-6-2;2*1-2-3-4-5;/h20,22,24,26-30H,5-19,21,23,25H2,1-4H3;2*5H,2-4H2,1H3;. The Labute approximate surface area is 325 Å². The van der Waals surface area contributed by atoms with Crippen LogP contribution in [0.5, 0.6) is 0 Å². The van der Waals surface area contributed by atoms with Crippen LogP contribution in [0.4, 0.5) is 0 Å². The molecule has 0 aliphatic carbocycles. The quantitative estimate of drug-likeness (QED) is 0.0265. The zero-order chi connectivity index (χ0) is 37.1. The number of unbranched alkanes of at least 4 members (excludes halogenated alkanes) is 13.